The van der Waals surface area contributed by atoms with Gasteiger partial charge in [0.1, 0.15) is 5.75 Å². The largest absolute Gasteiger partial charge is 0.461 e. The summed E-state index contributed by atoms with van der Waals surface area (Å²) in [5, 5.41) is 9.23. The number of rotatable bonds is 5. The molecular formula is C15H17F4NO4. The van der Waals surface area contributed by atoms with E-state index in [0.717, 1.165) is 6.07 Å². The summed E-state index contributed by atoms with van der Waals surface area (Å²) in [6, 6.07) is 4.97. The molecule has 1 saturated heterocycles. The molecule has 1 amide bonds. The number of alkyl halides is 4. The Hall–Kier alpha value is -1.87. The van der Waals surface area contributed by atoms with Crippen LogP contribution in [0, 0.1) is 5.92 Å². The summed E-state index contributed by atoms with van der Waals surface area (Å²) in [4.78, 5) is 13.9. The number of aliphatic hydroxyl groups is 1. The maximum absolute atomic E-state index is 13.1. The van der Waals surface area contributed by atoms with E-state index in [1.165, 1.54) is 23.1 Å². The predicted octanol–water partition coefficient (Wildman–Crippen LogP) is 2.00. The lowest BCUT2D eigenvalue weighted by molar-refractivity contribution is -0.253. The van der Waals surface area contributed by atoms with Crippen molar-refractivity contribution in [2.24, 2.45) is 5.92 Å². The number of hydrogen-bond acceptors (Lipinski definition) is 4. The Morgan fingerprint density at radius 2 is 2.12 bits per heavy atom. The predicted molar refractivity (Wildman–Crippen MR) is 75.3 cm³/mol. The molecule has 1 heterocycles. The number of amides is 1. The van der Waals surface area contributed by atoms with E-state index in [0.29, 0.717) is 0 Å². The highest BCUT2D eigenvalue weighted by Crippen LogP contribution is 2.30. The zero-order valence-electron chi connectivity index (χ0n) is 12.6. The van der Waals surface area contributed by atoms with Crippen molar-refractivity contribution in [3.8, 4) is 5.75 Å². The minimum Gasteiger partial charge on any atom is -0.427 e. The molecule has 0 unspecified atom stereocenters. The zero-order valence-corrected chi connectivity index (χ0v) is 12.6. The van der Waals surface area contributed by atoms with Crippen LogP contribution in [0.25, 0.3) is 0 Å². The highest BCUT2D eigenvalue weighted by atomic mass is 19.3. The van der Waals surface area contributed by atoms with Crippen LogP contribution in [0.1, 0.15) is 10.4 Å². The Bertz CT molecular complexity index is 570. The summed E-state index contributed by atoms with van der Waals surface area (Å²) in [7, 11) is 0. The number of halogens is 4. The van der Waals surface area contributed by atoms with E-state index in [2.05, 4.69) is 4.74 Å². The first-order valence-corrected chi connectivity index (χ1v) is 7.27. The second-order valence-corrected chi connectivity index (χ2v) is 5.34. The summed E-state index contributed by atoms with van der Waals surface area (Å²) in [6.07, 6.45) is -8.72. The second kappa shape index (κ2) is 7.80. The van der Waals surface area contributed by atoms with Gasteiger partial charge in [-0.1, -0.05) is 12.1 Å². The summed E-state index contributed by atoms with van der Waals surface area (Å²) < 4.78 is 60.3. The van der Waals surface area contributed by atoms with Gasteiger partial charge in [-0.3, -0.25) is 4.79 Å². The summed E-state index contributed by atoms with van der Waals surface area (Å²) in [5.41, 5.74) is -0.253. The Morgan fingerprint density at radius 1 is 1.42 bits per heavy atom. The zero-order chi connectivity index (χ0) is 17.7. The molecule has 0 aliphatic carbocycles. The molecule has 1 fully saturated rings. The van der Waals surface area contributed by atoms with Gasteiger partial charge in [0.05, 0.1) is 18.8 Å². The fraction of sp³-hybridized carbons (Fsp3) is 0.533. The Kier molecular flexibility index (Phi) is 6.00. The number of aliphatic hydroxyl groups excluding tert-OH is 1. The van der Waals surface area contributed by atoms with Crippen LogP contribution in [0.3, 0.4) is 0 Å². The molecule has 0 radical (unpaired) electrons. The number of nitrogens with zero attached hydrogens (tertiary/aromatic N) is 1. The van der Waals surface area contributed by atoms with Crippen LogP contribution >= 0.6 is 0 Å². The number of hydrogen-bond donors (Lipinski definition) is 1. The molecule has 1 aromatic carbocycles. The van der Waals surface area contributed by atoms with Crippen molar-refractivity contribution in [1.29, 1.82) is 0 Å². The van der Waals surface area contributed by atoms with Crippen LogP contribution in [0.2, 0.25) is 0 Å². The smallest absolute Gasteiger partial charge is 0.427 e. The Balaban J connectivity index is 2.23. The van der Waals surface area contributed by atoms with Gasteiger partial charge in [0.15, 0.2) is 0 Å². The molecule has 134 valence electrons. The summed E-state index contributed by atoms with van der Waals surface area (Å²) in [6.45, 7) is 0.634. The molecule has 1 aliphatic rings. The van der Waals surface area contributed by atoms with Crippen molar-refractivity contribution in [3.05, 3.63) is 29.8 Å². The van der Waals surface area contributed by atoms with E-state index >= 15 is 0 Å². The molecule has 1 atom stereocenters. The maximum atomic E-state index is 13.1. The first kappa shape index (κ1) is 18.5. The minimum atomic E-state index is -4.70. The van der Waals surface area contributed by atoms with Crippen LogP contribution in [-0.4, -0.2) is 61.4 Å². The van der Waals surface area contributed by atoms with Crippen molar-refractivity contribution in [3.63, 3.8) is 0 Å². The van der Waals surface area contributed by atoms with Crippen molar-refractivity contribution >= 4 is 5.91 Å². The Morgan fingerprint density at radius 3 is 2.79 bits per heavy atom. The topological polar surface area (TPSA) is 59.0 Å². The molecular weight excluding hydrogens is 334 g/mol. The number of carbonyl (C=O) groups is 1. The standard InChI is InChI=1S/C15H17F4NO4/c16-14(17)15(18,19)24-12-4-2-1-3-11(12)13(22)20-5-6-23-9-10(7-20)8-21/h1-4,10,14,21H,5-9H2/t10-/m1/s1. The van der Waals surface area contributed by atoms with E-state index in [-0.39, 0.29) is 44.4 Å². The lowest BCUT2D eigenvalue weighted by Gasteiger charge is -2.24. The maximum Gasteiger partial charge on any atom is 0.461 e. The first-order chi connectivity index (χ1) is 11.3. The summed E-state index contributed by atoms with van der Waals surface area (Å²) in [5.74, 6) is -1.59. The van der Waals surface area contributed by atoms with Crippen LogP contribution in [0.5, 0.6) is 5.75 Å². The number of ether oxygens (including phenoxy) is 2. The van der Waals surface area contributed by atoms with E-state index in [4.69, 9.17) is 4.74 Å². The Labute approximate surface area is 135 Å². The average molecular weight is 351 g/mol. The quantitative estimate of drug-likeness (QED) is 0.825. The van der Waals surface area contributed by atoms with Gasteiger partial charge in [0.25, 0.3) is 5.91 Å². The molecule has 5 nitrogen and oxygen atoms in total. The monoisotopic (exact) mass is 351 g/mol. The molecule has 9 heteroatoms. The highest BCUT2D eigenvalue weighted by molar-refractivity contribution is 5.97. The SMILES string of the molecule is O=C(c1ccccc1OC(F)(F)C(F)F)N1CCOC[C@@H](CO)C1. The second-order valence-electron chi connectivity index (χ2n) is 5.34. The van der Waals surface area contributed by atoms with E-state index < -0.39 is 24.2 Å². The van der Waals surface area contributed by atoms with Gasteiger partial charge in [-0.15, -0.1) is 0 Å². The van der Waals surface area contributed by atoms with Gasteiger partial charge < -0.3 is 19.5 Å². The van der Waals surface area contributed by atoms with Gasteiger partial charge in [-0.05, 0) is 12.1 Å². The molecule has 1 aromatic rings. The normalized spacial score (nSPS) is 19.2. The molecule has 24 heavy (non-hydrogen) atoms. The number of carbonyl (C=O) groups excluding carboxylic acids is 1. The lowest BCUT2D eigenvalue weighted by atomic mass is 10.1. The molecule has 0 bridgehead atoms. The van der Waals surface area contributed by atoms with Crippen LogP contribution in [0.15, 0.2) is 24.3 Å². The molecule has 2 rings (SSSR count). The lowest BCUT2D eigenvalue weighted by Crippen LogP contribution is -2.38. The molecule has 0 saturated carbocycles. The summed E-state index contributed by atoms with van der Waals surface area (Å²) >= 11 is 0. The number of para-hydroxylation sites is 1. The molecule has 0 aromatic heterocycles. The van der Waals surface area contributed by atoms with Crippen molar-refractivity contribution < 1.29 is 36.9 Å². The third-order valence-electron chi connectivity index (χ3n) is 3.50. The van der Waals surface area contributed by atoms with Crippen LogP contribution < -0.4 is 4.74 Å². The highest BCUT2D eigenvalue weighted by Gasteiger charge is 2.44. The van der Waals surface area contributed by atoms with Gasteiger partial charge in [-0.2, -0.15) is 17.6 Å². The third kappa shape index (κ3) is 4.35. The average Bonchev–Trinajstić information content (AvgIpc) is 2.80. The van der Waals surface area contributed by atoms with Gasteiger partial charge in [-0.25, -0.2) is 0 Å². The minimum absolute atomic E-state index is 0.162. The van der Waals surface area contributed by atoms with Crippen molar-refractivity contribution in [2.75, 3.05) is 32.9 Å². The molecule has 1 aliphatic heterocycles. The van der Waals surface area contributed by atoms with Gasteiger partial charge in [0.2, 0.25) is 0 Å². The van der Waals surface area contributed by atoms with E-state index in [1.54, 1.807) is 0 Å². The molecule has 0 spiro atoms. The van der Waals surface area contributed by atoms with Crippen LogP contribution in [0.4, 0.5) is 17.6 Å². The third-order valence-corrected chi connectivity index (χ3v) is 3.50. The first-order valence-electron chi connectivity index (χ1n) is 7.27. The fourth-order valence-electron chi connectivity index (χ4n) is 2.27. The fourth-order valence-corrected chi connectivity index (χ4v) is 2.27. The van der Waals surface area contributed by atoms with Gasteiger partial charge >= 0.3 is 12.5 Å². The van der Waals surface area contributed by atoms with E-state index in [9.17, 15) is 27.5 Å². The van der Waals surface area contributed by atoms with E-state index in [1.807, 2.05) is 0 Å². The van der Waals surface area contributed by atoms with Crippen molar-refractivity contribution in [2.45, 2.75) is 12.5 Å². The van der Waals surface area contributed by atoms with Crippen molar-refractivity contribution in [1.82, 2.24) is 4.90 Å². The van der Waals surface area contributed by atoms with Crippen LogP contribution in [-0.2, 0) is 4.74 Å². The molecule has 1 N–H and O–H groups in total. The van der Waals surface area contributed by atoms with Gasteiger partial charge in [0, 0.05) is 25.6 Å². The number of benzene rings is 1.